The lowest BCUT2D eigenvalue weighted by Crippen LogP contribution is -2.44. The summed E-state index contributed by atoms with van der Waals surface area (Å²) >= 11 is 3.76. The average Bonchev–Trinajstić information content (AvgIpc) is 3.31. The van der Waals surface area contributed by atoms with Gasteiger partial charge in [-0.2, -0.15) is 0 Å². The summed E-state index contributed by atoms with van der Waals surface area (Å²) in [5.41, 5.74) is 5.55. The lowest BCUT2D eigenvalue weighted by molar-refractivity contribution is 0.486. The molecule has 0 spiro atoms. The predicted molar refractivity (Wildman–Crippen MR) is 118 cm³/mol. The van der Waals surface area contributed by atoms with Crippen molar-refractivity contribution in [2.24, 2.45) is 0 Å². The smallest absolute Gasteiger partial charge is 0.250 e. The Morgan fingerprint density at radius 1 is 1.00 bits per heavy atom. The third-order valence-electron chi connectivity index (χ3n) is 6.32. The van der Waals surface area contributed by atoms with Crippen molar-refractivity contribution in [2.75, 3.05) is 0 Å². The monoisotopic (exact) mass is 430 g/mol. The molecule has 1 aliphatic carbocycles. The highest BCUT2D eigenvalue weighted by atomic mass is 79.9. The molecule has 0 saturated heterocycles. The fourth-order valence-corrected chi connectivity index (χ4v) is 5.29. The van der Waals surface area contributed by atoms with Gasteiger partial charge < -0.3 is 4.43 Å². The van der Waals surface area contributed by atoms with E-state index in [0.29, 0.717) is 0 Å². The first-order valence-corrected chi connectivity index (χ1v) is 13.2. The first-order valence-electron chi connectivity index (χ1n) is 9.54. The molecule has 0 radical (unpaired) electrons. The van der Waals surface area contributed by atoms with Crippen molar-refractivity contribution in [1.82, 2.24) is 0 Å². The normalized spacial score (nSPS) is 16.5. The summed E-state index contributed by atoms with van der Waals surface area (Å²) in [4.78, 5) is 0. The molecule has 0 heterocycles. The molecule has 0 amide bonds. The fourth-order valence-electron chi connectivity index (χ4n) is 3.48. The molecule has 0 atom stereocenters. The van der Waals surface area contributed by atoms with Gasteiger partial charge in [0.25, 0.3) is 8.32 Å². The molecule has 3 rings (SSSR count). The zero-order valence-corrected chi connectivity index (χ0v) is 19.8. The van der Waals surface area contributed by atoms with Gasteiger partial charge in [-0.15, -0.1) is 0 Å². The lowest BCUT2D eigenvalue weighted by atomic mass is 9.86. The second-order valence-corrected chi connectivity index (χ2v) is 14.9. The summed E-state index contributed by atoms with van der Waals surface area (Å²) < 4.78 is 7.89. The van der Waals surface area contributed by atoms with Crippen LogP contribution in [0.25, 0.3) is 0 Å². The van der Waals surface area contributed by atoms with Crippen LogP contribution in [-0.4, -0.2) is 8.32 Å². The van der Waals surface area contributed by atoms with Gasteiger partial charge >= 0.3 is 0 Å². The summed E-state index contributed by atoms with van der Waals surface area (Å²) in [6, 6.07) is 13.4. The highest BCUT2D eigenvalue weighted by Crippen LogP contribution is 2.56. The molecule has 3 heteroatoms. The molecule has 0 aliphatic heterocycles. The van der Waals surface area contributed by atoms with Crippen LogP contribution in [-0.2, 0) is 5.41 Å². The zero-order valence-electron chi connectivity index (χ0n) is 17.2. The molecule has 0 aromatic heterocycles. The van der Waals surface area contributed by atoms with E-state index >= 15 is 0 Å². The van der Waals surface area contributed by atoms with Gasteiger partial charge in [-0.1, -0.05) is 67.0 Å². The van der Waals surface area contributed by atoms with E-state index in [2.05, 4.69) is 100 Å². The lowest BCUT2D eigenvalue weighted by Gasteiger charge is -2.37. The Hall–Kier alpha value is -1.06. The van der Waals surface area contributed by atoms with Crippen molar-refractivity contribution in [3.63, 3.8) is 0 Å². The van der Waals surface area contributed by atoms with Gasteiger partial charge in [-0.3, -0.25) is 0 Å². The van der Waals surface area contributed by atoms with Crippen LogP contribution in [0.4, 0.5) is 0 Å². The Bertz CT molecular complexity index is 805. The van der Waals surface area contributed by atoms with Crippen molar-refractivity contribution in [3.8, 4) is 5.75 Å². The predicted octanol–water partition coefficient (Wildman–Crippen LogP) is 7.53. The maximum atomic E-state index is 6.67. The Balaban J connectivity index is 2.00. The van der Waals surface area contributed by atoms with Gasteiger partial charge in [0.15, 0.2) is 0 Å². The summed E-state index contributed by atoms with van der Waals surface area (Å²) in [6.45, 7) is 15.9. The highest BCUT2D eigenvalue weighted by molar-refractivity contribution is 9.10. The Morgan fingerprint density at radius 2 is 1.54 bits per heavy atom. The van der Waals surface area contributed by atoms with E-state index < -0.39 is 8.32 Å². The highest BCUT2D eigenvalue weighted by Gasteiger charge is 2.47. The second-order valence-electron chi connectivity index (χ2n) is 9.36. The second kappa shape index (κ2) is 6.52. The number of benzene rings is 2. The van der Waals surface area contributed by atoms with Crippen molar-refractivity contribution in [1.29, 1.82) is 0 Å². The number of rotatable bonds is 4. The van der Waals surface area contributed by atoms with E-state index in [-0.39, 0.29) is 10.5 Å². The largest absolute Gasteiger partial charge is 0.543 e. The van der Waals surface area contributed by atoms with E-state index in [4.69, 9.17) is 4.43 Å². The molecular weight excluding hydrogens is 400 g/mol. The number of hydrogen-bond donors (Lipinski definition) is 0. The quantitative estimate of drug-likeness (QED) is 0.455. The Morgan fingerprint density at radius 3 is 2.00 bits per heavy atom. The third kappa shape index (κ3) is 3.40. The van der Waals surface area contributed by atoms with E-state index in [0.717, 1.165) is 5.75 Å². The molecular formula is C23H31BrOSi. The van der Waals surface area contributed by atoms with Crippen molar-refractivity contribution < 1.29 is 4.43 Å². The summed E-state index contributed by atoms with van der Waals surface area (Å²) in [5.74, 6) is 1.10. The van der Waals surface area contributed by atoms with Crippen LogP contribution >= 0.6 is 15.9 Å². The molecule has 1 nitrogen and oxygen atoms in total. The molecule has 2 aromatic rings. The maximum absolute atomic E-state index is 6.67. The van der Waals surface area contributed by atoms with Gasteiger partial charge in [-0.05, 0) is 73.1 Å². The van der Waals surface area contributed by atoms with Crippen LogP contribution in [0.5, 0.6) is 5.75 Å². The maximum Gasteiger partial charge on any atom is 0.250 e. The van der Waals surface area contributed by atoms with E-state index in [9.17, 15) is 0 Å². The average molecular weight is 431 g/mol. The first kappa shape index (κ1) is 19.7. The van der Waals surface area contributed by atoms with Crippen molar-refractivity contribution in [2.45, 2.75) is 71.0 Å². The fraction of sp³-hybridized carbons (Fsp3) is 0.478. The SMILES string of the molecule is Cc1cc(C2(c3ccccc3Br)CC2)cc(C)c1O[Si](C)(C)C(C)(C)C. The molecule has 2 aromatic carbocycles. The van der Waals surface area contributed by atoms with Crippen LogP contribution in [0, 0.1) is 13.8 Å². The summed E-state index contributed by atoms with van der Waals surface area (Å²) in [7, 11) is -1.84. The molecule has 0 N–H and O–H groups in total. The minimum absolute atomic E-state index is 0.172. The molecule has 1 fully saturated rings. The Labute approximate surface area is 168 Å². The third-order valence-corrected chi connectivity index (χ3v) is 11.3. The minimum Gasteiger partial charge on any atom is -0.543 e. The Kier molecular flexibility index (Phi) is 4.94. The molecule has 1 aliphatic rings. The minimum atomic E-state index is -1.84. The van der Waals surface area contributed by atoms with Gasteiger partial charge in [0.1, 0.15) is 5.75 Å². The van der Waals surface area contributed by atoms with Gasteiger partial charge in [-0.25, -0.2) is 0 Å². The van der Waals surface area contributed by atoms with Crippen LogP contribution in [0.2, 0.25) is 18.1 Å². The standard InChI is InChI=1S/C23H31BrOSi/c1-16-14-18(23(12-13-23)19-10-8-9-11-20(19)24)15-17(2)21(16)25-26(6,7)22(3,4)5/h8-11,14-15H,12-13H2,1-7H3. The van der Waals surface area contributed by atoms with Crippen LogP contribution in [0.1, 0.15) is 55.9 Å². The van der Waals surface area contributed by atoms with Gasteiger partial charge in [0.05, 0.1) is 0 Å². The van der Waals surface area contributed by atoms with Crippen LogP contribution in [0.15, 0.2) is 40.9 Å². The van der Waals surface area contributed by atoms with Crippen LogP contribution < -0.4 is 4.43 Å². The molecule has 140 valence electrons. The molecule has 1 saturated carbocycles. The zero-order chi connectivity index (χ0) is 19.3. The number of halogens is 1. The summed E-state index contributed by atoms with van der Waals surface area (Å²) in [6.07, 6.45) is 2.44. The van der Waals surface area contributed by atoms with Crippen molar-refractivity contribution in [3.05, 3.63) is 63.1 Å². The van der Waals surface area contributed by atoms with Gasteiger partial charge in [0.2, 0.25) is 0 Å². The van der Waals surface area contributed by atoms with Crippen LogP contribution in [0.3, 0.4) is 0 Å². The van der Waals surface area contributed by atoms with E-state index in [1.807, 2.05) is 0 Å². The topological polar surface area (TPSA) is 9.23 Å². The number of aryl methyl sites for hydroxylation is 2. The van der Waals surface area contributed by atoms with E-state index in [1.165, 1.54) is 39.6 Å². The van der Waals surface area contributed by atoms with E-state index in [1.54, 1.807) is 0 Å². The number of hydrogen-bond acceptors (Lipinski definition) is 1. The molecule has 0 unspecified atom stereocenters. The van der Waals surface area contributed by atoms with Gasteiger partial charge in [0, 0.05) is 9.89 Å². The first-order chi connectivity index (χ1) is 12.0. The summed E-state index contributed by atoms with van der Waals surface area (Å²) in [5, 5.41) is 0.206. The molecule has 0 bridgehead atoms. The van der Waals surface area contributed by atoms with Crippen molar-refractivity contribution >= 4 is 24.2 Å². The molecule has 26 heavy (non-hydrogen) atoms.